The van der Waals surface area contributed by atoms with E-state index in [4.69, 9.17) is 10.5 Å². The van der Waals surface area contributed by atoms with E-state index in [1.165, 1.54) is 31.2 Å². The Kier molecular flexibility index (Phi) is 9.88. The van der Waals surface area contributed by atoms with Crippen LogP contribution in [0.1, 0.15) is 37.3 Å². The molecular weight excluding hydrogens is 456 g/mol. The summed E-state index contributed by atoms with van der Waals surface area (Å²) in [5, 5.41) is 16.1. The highest BCUT2D eigenvalue weighted by atomic mass is 16.6. The van der Waals surface area contributed by atoms with E-state index in [9.17, 15) is 29.3 Å². The quantitative estimate of drug-likeness (QED) is 0.232. The zero-order valence-corrected chi connectivity index (χ0v) is 19.4. The number of esters is 1. The van der Waals surface area contributed by atoms with E-state index in [0.717, 1.165) is 5.56 Å². The number of nitro benzene ring substituents is 1. The van der Waals surface area contributed by atoms with E-state index in [1.54, 1.807) is 31.2 Å². The first-order chi connectivity index (χ1) is 16.6. The first-order valence-electron chi connectivity index (χ1n) is 10.9. The van der Waals surface area contributed by atoms with Gasteiger partial charge in [-0.15, -0.1) is 0 Å². The average Bonchev–Trinajstić information content (AvgIpc) is 2.81. The Hall–Kier alpha value is -4.28. The van der Waals surface area contributed by atoms with E-state index in [2.05, 4.69) is 10.6 Å². The standard InChI is InChI=1S/C24H28N4O7/c1-3-35-21(30)14-19(17-9-11-18(12-10-17)28(33)34)22(23(25)31)27-24(32)20(26-15(2)29)13-16-7-5-4-6-8-16/h4-12,19-20,22H,3,13-14H2,1-2H3,(H2,25,31)(H,26,29)(H,27,32)/t19-,20-,22-/m0/s1. The molecule has 0 aliphatic heterocycles. The van der Waals surface area contributed by atoms with Crippen molar-refractivity contribution in [3.63, 3.8) is 0 Å². The lowest BCUT2D eigenvalue weighted by Gasteiger charge is -2.27. The van der Waals surface area contributed by atoms with Crippen LogP contribution in [-0.4, -0.2) is 47.3 Å². The van der Waals surface area contributed by atoms with Crippen LogP contribution < -0.4 is 16.4 Å². The Bertz CT molecular complexity index is 1060. The average molecular weight is 485 g/mol. The summed E-state index contributed by atoms with van der Waals surface area (Å²) in [7, 11) is 0. The normalized spacial score (nSPS) is 13.1. The van der Waals surface area contributed by atoms with Crippen molar-refractivity contribution in [3.05, 3.63) is 75.8 Å². The minimum absolute atomic E-state index is 0.0983. The van der Waals surface area contributed by atoms with Crippen LogP contribution in [0, 0.1) is 10.1 Å². The molecular formula is C24H28N4O7. The Labute approximate surface area is 202 Å². The topological polar surface area (TPSA) is 171 Å². The van der Waals surface area contributed by atoms with Crippen molar-refractivity contribution in [3.8, 4) is 0 Å². The summed E-state index contributed by atoms with van der Waals surface area (Å²) in [5.41, 5.74) is 6.56. The van der Waals surface area contributed by atoms with Crippen molar-refractivity contribution >= 4 is 29.4 Å². The van der Waals surface area contributed by atoms with Crippen molar-refractivity contribution in [2.24, 2.45) is 5.73 Å². The highest BCUT2D eigenvalue weighted by Crippen LogP contribution is 2.27. The van der Waals surface area contributed by atoms with Crippen LogP contribution in [0.2, 0.25) is 0 Å². The number of carbonyl (C=O) groups is 4. The third kappa shape index (κ3) is 8.22. The van der Waals surface area contributed by atoms with Gasteiger partial charge >= 0.3 is 5.97 Å². The molecule has 11 heteroatoms. The fourth-order valence-corrected chi connectivity index (χ4v) is 3.60. The molecule has 0 spiro atoms. The molecule has 3 amide bonds. The summed E-state index contributed by atoms with van der Waals surface area (Å²) in [6.07, 6.45) is -0.166. The number of ether oxygens (including phenoxy) is 1. The van der Waals surface area contributed by atoms with Gasteiger partial charge in [-0.2, -0.15) is 0 Å². The van der Waals surface area contributed by atoms with Gasteiger partial charge in [-0.25, -0.2) is 0 Å². The first kappa shape index (κ1) is 27.0. The van der Waals surface area contributed by atoms with Crippen molar-refractivity contribution < 1.29 is 28.8 Å². The van der Waals surface area contributed by atoms with Gasteiger partial charge in [-0.1, -0.05) is 42.5 Å². The molecule has 0 radical (unpaired) electrons. The van der Waals surface area contributed by atoms with E-state index < -0.39 is 46.6 Å². The summed E-state index contributed by atoms with van der Waals surface area (Å²) in [4.78, 5) is 60.0. The number of amides is 3. The second kappa shape index (κ2) is 12.8. The van der Waals surface area contributed by atoms with Gasteiger partial charge in [0.1, 0.15) is 12.1 Å². The number of nitrogens with one attached hydrogen (secondary N) is 2. The molecule has 0 bridgehead atoms. The predicted octanol–water partition coefficient (Wildman–Crippen LogP) is 1.35. The van der Waals surface area contributed by atoms with E-state index in [1.807, 2.05) is 6.07 Å². The zero-order valence-electron chi connectivity index (χ0n) is 19.4. The minimum Gasteiger partial charge on any atom is -0.466 e. The van der Waals surface area contributed by atoms with Crippen molar-refractivity contribution in [2.75, 3.05) is 6.61 Å². The van der Waals surface area contributed by atoms with Crippen molar-refractivity contribution in [2.45, 2.75) is 44.7 Å². The van der Waals surface area contributed by atoms with Crippen LogP contribution in [0.5, 0.6) is 0 Å². The summed E-state index contributed by atoms with van der Waals surface area (Å²) in [6, 6.07) is 11.8. The van der Waals surface area contributed by atoms with E-state index in [-0.39, 0.29) is 25.1 Å². The third-order valence-electron chi connectivity index (χ3n) is 5.21. The van der Waals surface area contributed by atoms with E-state index in [0.29, 0.717) is 5.56 Å². The number of hydrogen-bond donors (Lipinski definition) is 3. The largest absolute Gasteiger partial charge is 0.466 e. The molecule has 0 unspecified atom stereocenters. The van der Waals surface area contributed by atoms with Crippen LogP contribution in [0.3, 0.4) is 0 Å². The van der Waals surface area contributed by atoms with E-state index >= 15 is 0 Å². The number of primary amides is 1. The number of nitro groups is 1. The van der Waals surface area contributed by atoms with Crippen LogP contribution in [0.15, 0.2) is 54.6 Å². The van der Waals surface area contributed by atoms with Crippen molar-refractivity contribution in [1.29, 1.82) is 0 Å². The van der Waals surface area contributed by atoms with Gasteiger partial charge < -0.3 is 21.1 Å². The molecule has 0 aromatic heterocycles. The number of benzene rings is 2. The molecule has 2 aromatic rings. The molecule has 2 aromatic carbocycles. The summed E-state index contributed by atoms with van der Waals surface area (Å²) >= 11 is 0. The lowest BCUT2D eigenvalue weighted by atomic mass is 9.87. The van der Waals surface area contributed by atoms with Gasteiger partial charge in [0.15, 0.2) is 0 Å². The highest BCUT2D eigenvalue weighted by Gasteiger charge is 2.34. The molecule has 0 fully saturated rings. The number of non-ortho nitro benzene ring substituents is 1. The Morgan fingerprint density at radius 1 is 1.03 bits per heavy atom. The predicted molar refractivity (Wildman–Crippen MR) is 126 cm³/mol. The van der Waals surface area contributed by atoms with Crippen LogP contribution >= 0.6 is 0 Å². The maximum Gasteiger partial charge on any atom is 0.306 e. The molecule has 11 nitrogen and oxygen atoms in total. The summed E-state index contributed by atoms with van der Waals surface area (Å²) in [6.45, 7) is 2.98. The molecule has 3 atom stereocenters. The van der Waals surface area contributed by atoms with Gasteiger partial charge in [0.2, 0.25) is 17.7 Å². The summed E-state index contributed by atoms with van der Waals surface area (Å²) < 4.78 is 5.00. The van der Waals surface area contributed by atoms with Crippen LogP contribution in [0.4, 0.5) is 5.69 Å². The number of carbonyl (C=O) groups excluding carboxylic acids is 4. The summed E-state index contributed by atoms with van der Waals surface area (Å²) in [5.74, 6) is -3.66. The molecule has 0 saturated carbocycles. The maximum atomic E-state index is 13.1. The van der Waals surface area contributed by atoms with Crippen LogP contribution in [0.25, 0.3) is 0 Å². The minimum atomic E-state index is -1.36. The molecule has 0 aliphatic rings. The van der Waals surface area contributed by atoms with Gasteiger partial charge in [0.25, 0.3) is 5.69 Å². The third-order valence-corrected chi connectivity index (χ3v) is 5.21. The van der Waals surface area contributed by atoms with Gasteiger partial charge in [0, 0.05) is 31.4 Å². The molecule has 2 rings (SSSR count). The molecule has 4 N–H and O–H groups in total. The Morgan fingerprint density at radius 3 is 2.17 bits per heavy atom. The number of nitrogens with two attached hydrogens (primary N) is 1. The first-order valence-corrected chi connectivity index (χ1v) is 10.9. The lowest BCUT2D eigenvalue weighted by Crippen LogP contribution is -2.55. The number of nitrogens with zero attached hydrogens (tertiary/aromatic N) is 1. The molecule has 35 heavy (non-hydrogen) atoms. The Balaban J connectivity index is 2.36. The fraction of sp³-hybridized carbons (Fsp3) is 0.333. The molecule has 186 valence electrons. The number of rotatable bonds is 12. The highest BCUT2D eigenvalue weighted by molar-refractivity contribution is 5.92. The molecule has 0 saturated heterocycles. The molecule has 0 aliphatic carbocycles. The van der Waals surface area contributed by atoms with Crippen LogP contribution in [-0.2, 0) is 30.3 Å². The lowest BCUT2D eigenvalue weighted by molar-refractivity contribution is -0.384. The van der Waals surface area contributed by atoms with Gasteiger partial charge in [-0.3, -0.25) is 29.3 Å². The zero-order chi connectivity index (χ0) is 26.0. The second-order valence-corrected chi connectivity index (χ2v) is 7.80. The molecule has 0 heterocycles. The van der Waals surface area contributed by atoms with Crippen molar-refractivity contribution in [1.82, 2.24) is 10.6 Å². The number of hydrogen-bond acceptors (Lipinski definition) is 7. The monoisotopic (exact) mass is 484 g/mol. The second-order valence-electron chi connectivity index (χ2n) is 7.80. The fourth-order valence-electron chi connectivity index (χ4n) is 3.60. The SMILES string of the molecule is CCOC(=O)C[C@@H](c1ccc([N+](=O)[O-])cc1)[C@H](NC(=O)[C@H](Cc1ccccc1)NC(C)=O)C(N)=O. The smallest absolute Gasteiger partial charge is 0.306 e. The van der Waals surface area contributed by atoms with Gasteiger partial charge in [-0.05, 0) is 18.1 Å². The maximum absolute atomic E-state index is 13.1. The van der Waals surface area contributed by atoms with Gasteiger partial charge in [0.05, 0.1) is 18.0 Å². The Morgan fingerprint density at radius 2 is 1.66 bits per heavy atom.